The molecule has 1 unspecified atom stereocenters. The fraction of sp³-hybridized carbons (Fsp3) is 0.267. The number of carbonyl (C=O) groups excluding carboxylic acids is 1. The number of benzene rings is 1. The average molecular weight is 256 g/mol. The molecule has 0 saturated heterocycles. The first-order valence-electron chi connectivity index (χ1n) is 6.46. The molecule has 0 radical (unpaired) electrons. The number of amides is 1. The van der Waals surface area contributed by atoms with E-state index in [1.807, 2.05) is 6.07 Å². The summed E-state index contributed by atoms with van der Waals surface area (Å²) >= 11 is 0. The minimum absolute atomic E-state index is 0.0985. The number of hydrogen-bond acceptors (Lipinski definition) is 3. The van der Waals surface area contributed by atoms with Crippen LogP contribution >= 0.6 is 0 Å². The zero-order valence-corrected chi connectivity index (χ0v) is 10.6. The molecule has 1 aromatic carbocycles. The highest BCUT2D eigenvalue weighted by atomic mass is 16.3. The van der Waals surface area contributed by atoms with Crippen molar-refractivity contribution < 1.29 is 9.21 Å². The molecule has 0 spiro atoms. The molecule has 1 aromatic heterocycles. The zero-order valence-electron chi connectivity index (χ0n) is 10.6. The Morgan fingerprint density at radius 2 is 2.26 bits per heavy atom. The van der Waals surface area contributed by atoms with Crippen LogP contribution in [0.3, 0.4) is 0 Å². The van der Waals surface area contributed by atoms with Gasteiger partial charge in [0, 0.05) is 12.6 Å². The molecule has 3 rings (SSSR count). The minimum atomic E-state index is -0.0985. The van der Waals surface area contributed by atoms with Gasteiger partial charge in [0.25, 0.3) is 5.91 Å². The lowest BCUT2D eigenvalue weighted by Gasteiger charge is -2.27. The molecular formula is C15H16N2O2. The van der Waals surface area contributed by atoms with Crippen molar-refractivity contribution in [2.45, 2.75) is 12.5 Å². The molecule has 4 nitrogen and oxygen atoms in total. The van der Waals surface area contributed by atoms with Crippen LogP contribution in [0.4, 0.5) is 0 Å². The van der Waals surface area contributed by atoms with E-state index in [0.29, 0.717) is 12.1 Å². The lowest BCUT2D eigenvalue weighted by Crippen LogP contribution is -2.38. The number of furan rings is 1. The molecule has 0 bridgehead atoms. The summed E-state index contributed by atoms with van der Waals surface area (Å²) in [6.07, 6.45) is 4.00. The molecule has 98 valence electrons. The van der Waals surface area contributed by atoms with E-state index in [4.69, 9.17) is 4.42 Å². The summed E-state index contributed by atoms with van der Waals surface area (Å²) in [4.78, 5) is 11.9. The fourth-order valence-corrected chi connectivity index (χ4v) is 2.47. The van der Waals surface area contributed by atoms with Crippen LogP contribution in [-0.4, -0.2) is 19.0 Å². The van der Waals surface area contributed by atoms with E-state index >= 15 is 0 Å². The second-order valence-electron chi connectivity index (χ2n) is 4.68. The van der Waals surface area contributed by atoms with Crippen molar-refractivity contribution in [2.75, 3.05) is 13.1 Å². The third-order valence-electron chi connectivity index (χ3n) is 3.47. The van der Waals surface area contributed by atoms with E-state index < -0.39 is 0 Å². The number of fused-ring (bicyclic) bond motifs is 1. The Bertz CT molecular complexity index is 563. The third kappa shape index (κ3) is 2.53. The largest absolute Gasteiger partial charge is 0.472 e. The first-order chi connectivity index (χ1) is 9.34. The quantitative estimate of drug-likeness (QED) is 0.881. The van der Waals surface area contributed by atoms with Crippen molar-refractivity contribution >= 4 is 5.91 Å². The van der Waals surface area contributed by atoms with Gasteiger partial charge in [-0.2, -0.15) is 0 Å². The summed E-state index contributed by atoms with van der Waals surface area (Å²) in [5.74, 6) is -0.0985. The van der Waals surface area contributed by atoms with Gasteiger partial charge in [-0.15, -0.1) is 0 Å². The Labute approximate surface area is 111 Å². The number of nitrogens with one attached hydrogen (secondary N) is 2. The van der Waals surface area contributed by atoms with Crippen molar-refractivity contribution in [3.05, 3.63) is 59.5 Å². The molecule has 0 fully saturated rings. The molecule has 19 heavy (non-hydrogen) atoms. The van der Waals surface area contributed by atoms with Gasteiger partial charge in [0.05, 0.1) is 11.8 Å². The molecule has 1 atom stereocenters. The summed E-state index contributed by atoms with van der Waals surface area (Å²) in [6.45, 7) is 1.53. The van der Waals surface area contributed by atoms with Gasteiger partial charge in [-0.3, -0.25) is 4.79 Å². The first-order valence-corrected chi connectivity index (χ1v) is 6.46. The molecule has 4 heteroatoms. The maximum absolute atomic E-state index is 11.9. The Hall–Kier alpha value is -2.07. The second-order valence-corrected chi connectivity index (χ2v) is 4.68. The molecule has 0 saturated carbocycles. The van der Waals surface area contributed by atoms with Gasteiger partial charge in [-0.05, 0) is 30.2 Å². The Balaban J connectivity index is 1.67. The van der Waals surface area contributed by atoms with Gasteiger partial charge in [0.1, 0.15) is 6.26 Å². The van der Waals surface area contributed by atoms with Gasteiger partial charge in [-0.25, -0.2) is 0 Å². The highest BCUT2D eigenvalue weighted by molar-refractivity contribution is 5.93. The number of hydrogen-bond donors (Lipinski definition) is 2. The molecular weight excluding hydrogens is 240 g/mol. The van der Waals surface area contributed by atoms with Crippen LogP contribution in [0.15, 0.2) is 47.3 Å². The molecule has 1 aliphatic rings. The van der Waals surface area contributed by atoms with Crippen LogP contribution in [0.2, 0.25) is 0 Å². The summed E-state index contributed by atoms with van der Waals surface area (Å²) in [5, 5.41) is 6.37. The Kier molecular flexibility index (Phi) is 3.33. The van der Waals surface area contributed by atoms with Gasteiger partial charge >= 0.3 is 0 Å². The molecule has 1 amide bonds. The maximum atomic E-state index is 11.9. The van der Waals surface area contributed by atoms with Crippen LogP contribution in [0.5, 0.6) is 0 Å². The molecule has 2 aromatic rings. The van der Waals surface area contributed by atoms with Crippen molar-refractivity contribution in [2.24, 2.45) is 0 Å². The SMILES string of the molecule is O=C(NCC1NCCc2ccccc21)c1ccoc1. The third-order valence-corrected chi connectivity index (χ3v) is 3.47. The fourth-order valence-electron chi connectivity index (χ4n) is 2.47. The summed E-state index contributed by atoms with van der Waals surface area (Å²) in [5.41, 5.74) is 3.20. The zero-order chi connectivity index (χ0) is 13.1. The van der Waals surface area contributed by atoms with Gasteiger partial charge in [0.2, 0.25) is 0 Å². The van der Waals surface area contributed by atoms with Gasteiger partial charge < -0.3 is 15.1 Å². The monoisotopic (exact) mass is 256 g/mol. The first kappa shape index (κ1) is 12.0. The van der Waals surface area contributed by atoms with Crippen LogP contribution in [-0.2, 0) is 6.42 Å². The average Bonchev–Trinajstić information content (AvgIpc) is 2.99. The lowest BCUT2D eigenvalue weighted by atomic mass is 9.94. The van der Waals surface area contributed by atoms with Gasteiger partial charge in [-0.1, -0.05) is 24.3 Å². The van der Waals surface area contributed by atoms with E-state index in [1.54, 1.807) is 6.07 Å². The smallest absolute Gasteiger partial charge is 0.254 e. The summed E-state index contributed by atoms with van der Waals surface area (Å²) < 4.78 is 4.91. The van der Waals surface area contributed by atoms with Crippen molar-refractivity contribution in [3.8, 4) is 0 Å². The number of carbonyl (C=O) groups is 1. The topological polar surface area (TPSA) is 54.3 Å². The summed E-state index contributed by atoms with van der Waals surface area (Å²) in [6, 6.07) is 10.2. The molecule has 2 heterocycles. The Morgan fingerprint density at radius 3 is 3.11 bits per heavy atom. The van der Waals surface area contributed by atoms with E-state index in [2.05, 4.69) is 28.8 Å². The molecule has 2 N–H and O–H groups in total. The highest BCUT2D eigenvalue weighted by Gasteiger charge is 2.19. The van der Waals surface area contributed by atoms with E-state index in [-0.39, 0.29) is 11.9 Å². The standard InChI is InChI=1S/C15H16N2O2/c18-15(12-6-8-19-10-12)17-9-14-13-4-2-1-3-11(13)5-7-16-14/h1-4,6,8,10,14,16H,5,7,9H2,(H,17,18). The van der Waals surface area contributed by atoms with Crippen molar-refractivity contribution in [3.63, 3.8) is 0 Å². The highest BCUT2D eigenvalue weighted by Crippen LogP contribution is 2.21. The lowest BCUT2D eigenvalue weighted by molar-refractivity contribution is 0.0948. The predicted octanol–water partition coefficient (Wildman–Crippen LogP) is 1.90. The van der Waals surface area contributed by atoms with Crippen molar-refractivity contribution in [1.29, 1.82) is 0 Å². The van der Waals surface area contributed by atoms with E-state index in [0.717, 1.165) is 13.0 Å². The van der Waals surface area contributed by atoms with E-state index in [1.165, 1.54) is 23.7 Å². The Morgan fingerprint density at radius 1 is 1.37 bits per heavy atom. The van der Waals surface area contributed by atoms with Gasteiger partial charge in [0.15, 0.2) is 0 Å². The van der Waals surface area contributed by atoms with Crippen LogP contribution < -0.4 is 10.6 Å². The van der Waals surface area contributed by atoms with Crippen LogP contribution in [0.1, 0.15) is 27.5 Å². The minimum Gasteiger partial charge on any atom is -0.472 e. The van der Waals surface area contributed by atoms with Crippen LogP contribution in [0.25, 0.3) is 0 Å². The normalized spacial score (nSPS) is 17.8. The molecule has 1 aliphatic heterocycles. The van der Waals surface area contributed by atoms with Crippen LogP contribution in [0, 0.1) is 0 Å². The molecule has 0 aliphatic carbocycles. The second kappa shape index (κ2) is 5.28. The summed E-state index contributed by atoms with van der Waals surface area (Å²) in [7, 11) is 0. The number of rotatable bonds is 3. The van der Waals surface area contributed by atoms with E-state index in [9.17, 15) is 4.79 Å². The van der Waals surface area contributed by atoms with Crippen molar-refractivity contribution in [1.82, 2.24) is 10.6 Å². The predicted molar refractivity (Wildman–Crippen MR) is 71.9 cm³/mol. The maximum Gasteiger partial charge on any atom is 0.254 e.